The highest BCUT2D eigenvalue weighted by Crippen LogP contribution is 2.44. The minimum atomic E-state index is -0.688. The highest BCUT2D eigenvalue weighted by Gasteiger charge is 2.47. The Balaban J connectivity index is 1.84. The summed E-state index contributed by atoms with van der Waals surface area (Å²) in [5.74, 6) is -0.819. The van der Waals surface area contributed by atoms with Crippen molar-refractivity contribution in [2.24, 2.45) is 0 Å². The molecule has 0 spiro atoms. The molecule has 0 saturated carbocycles. The Morgan fingerprint density at radius 3 is 2.47 bits per heavy atom. The first kappa shape index (κ1) is 21.8. The van der Waals surface area contributed by atoms with Crippen molar-refractivity contribution in [3.63, 3.8) is 0 Å². The SMILES string of the molecule is CCCOc1ccc(/C(O)=C2/C(=O)C(=O)N(c3cccc(C)c3C)C2c2cccs2)cc1. The number of thiophene rings is 1. The standard InChI is InChI=1S/C26H25NO4S/c1-4-14-31-19-12-10-18(11-13-19)24(28)22-23(21-9-6-15-32-21)27(26(30)25(22)29)20-8-5-7-16(2)17(20)3/h5-13,15,23,28H,4,14H2,1-3H3/b24-22-. The van der Waals surface area contributed by atoms with Crippen LogP contribution in [0.1, 0.15) is 41.0 Å². The molecule has 1 amide bonds. The van der Waals surface area contributed by atoms with Crippen molar-refractivity contribution in [3.05, 3.63) is 87.1 Å². The molecule has 1 aliphatic rings. The first-order valence-electron chi connectivity index (χ1n) is 10.6. The number of benzene rings is 2. The van der Waals surface area contributed by atoms with Crippen LogP contribution in [0.4, 0.5) is 5.69 Å². The number of hydrogen-bond acceptors (Lipinski definition) is 5. The molecule has 1 aromatic heterocycles. The number of ether oxygens (including phenoxy) is 1. The largest absolute Gasteiger partial charge is 0.507 e. The molecule has 0 aliphatic carbocycles. The zero-order valence-corrected chi connectivity index (χ0v) is 19.1. The van der Waals surface area contributed by atoms with Gasteiger partial charge in [0.05, 0.1) is 12.2 Å². The van der Waals surface area contributed by atoms with Crippen molar-refractivity contribution >= 4 is 34.5 Å². The normalized spacial score (nSPS) is 17.7. The Labute approximate surface area is 191 Å². The summed E-state index contributed by atoms with van der Waals surface area (Å²) in [5, 5.41) is 13.1. The average Bonchev–Trinajstić information content (AvgIpc) is 3.41. The van der Waals surface area contributed by atoms with E-state index >= 15 is 0 Å². The Kier molecular flexibility index (Phi) is 6.15. The van der Waals surface area contributed by atoms with Gasteiger partial charge in [0.25, 0.3) is 11.7 Å². The van der Waals surface area contributed by atoms with Gasteiger partial charge in [0, 0.05) is 16.1 Å². The number of aliphatic hydroxyl groups excluding tert-OH is 1. The maximum atomic E-state index is 13.2. The number of hydrogen-bond donors (Lipinski definition) is 1. The number of rotatable bonds is 6. The number of nitrogens with zero attached hydrogens (tertiary/aromatic N) is 1. The van der Waals surface area contributed by atoms with Crippen LogP contribution in [-0.2, 0) is 9.59 Å². The van der Waals surface area contributed by atoms with Gasteiger partial charge in [0.15, 0.2) is 0 Å². The van der Waals surface area contributed by atoms with Crippen molar-refractivity contribution in [1.29, 1.82) is 0 Å². The van der Waals surface area contributed by atoms with E-state index in [9.17, 15) is 14.7 Å². The van der Waals surface area contributed by atoms with E-state index in [0.717, 1.165) is 22.4 Å². The molecule has 1 saturated heterocycles. The fourth-order valence-electron chi connectivity index (χ4n) is 3.88. The molecule has 164 valence electrons. The molecule has 32 heavy (non-hydrogen) atoms. The van der Waals surface area contributed by atoms with E-state index in [1.165, 1.54) is 16.2 Å². The maximum absolute atomic E-state index is 13.2. The van der Waals surface area contributed by atoms with Crippen LogP contribution < -0.4 is 9.64 Å². The van der Waals surface area contributed by atoms with Crippen LogP contribution in [0.15, 0.2) is 65.6 Å². The van der Waals surface area contributed by atoms with Crippen molar-refractivity contribution in [1.82, 2.24) is 0 Å². The second-order valence-electron chi connectivity index (χ2n) is 7.78. The number of carbonyl (C=O) groups is 2. The number of carbonyl (C=O) groups excluding carboxylic acids is 2. The molecular weight excluding hydrogens is 422 g/mol. The fourth-order valence-corrected chi connectivity index (χ4v) is 4.70. The molecular formula is C26H25NO4S. The zero-order chi connectivity index (χ0) is 22.8. The van der Waals surface area contributed by atoms with Gasteiger partial charge in [-0.3, -0.25) is 14.5 Å². The zero-order valence-electron chi connectivity index (χ0n) is 18.3. The second kappa shape index (κ2) is 9.01. The lowest BCUT2D eigenvalue weighted by atomic mass is 9.99. The van der Waals surface area contributed by atoms with Crippen molar-refractivity contribution in [3.8, 4) is 5.75 Å². The summed E-state index contributed by atoms with van der Waals surface area (Å²) in [6.45, 7) is 6.53. The first-order chi connectivity index (χ1) is 15.4. The van der Waals surface area contributed by atoms with Crippen molar-refractivity contribution in [2.45, 2.75) is 33.2 Å². The molecule has 2 aromatic carbocycles. The second-order valence-corrected chi connectivity index (χ2v) is 8.76. The number of aryl methyl sites for hydroxylation is 1. The smallest absolute Gasteiger partial charge is 0.300 e. The fraction of sp³-hybridized carbons (Fsp3) is 0.231. The Bertz CT molecular complexity index is 1180. The lowest BCUT2D eigenvalue weighted by Gasteiger charge is -2.26. The van der Waals surface area contributed by atoms with E-state index in [-0.39, 0.29) is 11.3 Å². The first-order valence-corrected chi connectivity index (χ1v) is 11.5. The molecule has 1 unspecified atom stereocenters. The van der Waals surface area contributed by atoms with Crippen LogP contribution in [0.25, 0.3) is 5.76 Å². The van der Waals surface area contributed by atoms with Gasteiger partial charge in [-0.15, -0.1) is 11.3 Å². The van der Waals surface area contributed by atoms with Crippen LogP contribution in [0.3, 0.4) is 0 Å². The summed E-state index contributed by atoms with van der Waals surface area (Å²) in [6, 6.07) is 15.7. The summed E-state index contributed by atoms with van der Waals surface area (Å²) in [4.78, 5) is 28.7. The molecule has 1 N–H and O–H groups in total. The molecule has 0 radical (unpaired) electrons. The number of aliphatic hydroxyl groups is 1. The molecule has 1 atom stereocenters. The third-order valence-electron chi connectivity index (χ3n) is 5.69. The minimum absolute atomic E-state index is 0.0978. The van der Waals surface area contributed by atoms with Gasteiger partial charge in [-0.05, 0) is 73.2 Å². The van der Waals surface area contributed by atoms with E-state index in [0.29, 0.717) is 23.6 Å². The Morgan fingerprint density at radius 1 is 1.06 bits per heavy atom. The van der Waals surface area contributed by atoms with Gasteiger partial charge in [-0.2, -0.15) is 0 Å². The number of Topliss-reactive ketones (excluding diaryl/α,β-unsaturated/α-hetero) is 1. The quantitative estimate of drug-likeness (QED) is 0.295. The highest BCUT2D eigenvalue weighted by atomic mass is 32.1. The van der Waals surface area contributed by atoms with Crippen LogP contribution in [0.5, 0.6) is 5.75 Å². The van der Waals surface area contributed by atoms with Gasteiger partial charge in [-0.1, -0.05) is 25.1 Å². The van der Waals surface area contributed by atoms with E-state index in [1.807, 2.05) is 56.5 Å². The lowest BCUT2D eigenvalue weighted by molar-refractivity contribution is -0.132. The molecule has 6 heteroatoms. The monoisotopic (exact) mass is 447 g/mol. The third-order valence-corrected chi connectivity index (χ3v) is 6.62. The van der Waals surface area contributed by atoms with Crippen LogP contribution in [0, 0.1) is 13.8 Å². The Morgan fingerprint density at radius 2 is 1.81 bits per heavy atom. The van der Waals surface area contributed by atoms with E-state index < -0.39 is 17.7 Å². The molecule has 4 rings (SSSR count). The third kappa shape index (κ3) is 3.82. The average molecular weight is 448 g/mol. The van der Waals surface area contributed by atoms with Gasteiger partial charge in [0.2, 0.25) is 0 Å². The van der Waals surface area contributed by atoms with Gasteiger partial charge < -0.3 is 9.84 Å². The number of ketones is 1. The lowest BCUT2D eigenvalue weighted by Crippen LogP contribution is -2.29. The summed E-state index contributed by atoms with van der Waals surface area (Å²) in [5.41, 5.74) is 3.19. The van der Waals surface area contributed by atoms with Crippen molar-refractivity contribution in [2.75, 3.05) is 11.5 Å². The number of anilines is 1. The number of amides is 1. The summed E-state index contributed by atoms with van der Waals surface area (Å²) < 4.78 is 5.61. The summed E-state index contributed by atoms with van der Waals surface area (Å²) in [7, 11) is 0. The Hall–Kier alpha value is -3.38. The molecule has 0 bridgehead atoms. The maximum Gasteiger partial charge on any atom is 0.300 e. The predicted octanol–water partition coefficient (Wildman–Crippen LogP) is 5.78. The minimum Gasteiger partial charge on any atom is -0.507 e. The molecule has 2 heterocycles. The van der Waals surface area contributed by atoms with E-state index in [1.54, 1.807) is 24.3 Å². The molecule has 5 nitrogen and oxygen atoms in total. The predicted molar refractivity (Wildman–Crippen MR) is 127 cm³/mol. The topological polar surface area (TPSA) is 66.8 Å². The highest BCUT2D eigenvalue weighted by molar-refractivity contribution is 7.10. The van der Waals surface area contributed by atoms with Gasteiger partial charge >= 0.3 is 0 Å². The van der Waals surface area contributed by atoms with Gasteiger partial charge in [0.1, 0.15) is 17.6 Å². The van der Waals surface area contributed by atoms with Crippen molar-refractivity contribution < 1.29 is 19.4 Å². The van der Waals surface area contributed by atoms with Crippen LogP contribution in [-0.4, -0.2) is 23.4 Å². The van der Waals surface area contributed by atoms with Crippen LogP contribution in [0.2, 0.25) is 0 Å². The summed E-state index contributed by atoms with van der Waals surface area (Å²) >= 11 is 1.45. The summed E-state index contributed by atoms with van der Waals surface area (Å²) in [6.07, 6.45) is 0.893. The molecule has 1 fully saturated rings. The van der Waals surface area contributed by atoms with Gasteiger partial charge in [-0.25, -0.2) is 0 Å². The van der Waals surface area contributed by atoms with E-state index in [4.69, 9.17) is 4.74 Å². The molecule has 1 aliphatic heterocycles. The van der Waals surface area contributed by atoms with Crippen LogP contribution >= 0.6 is 11.3 Å². The molecule has 3 aromatic rings. The van der Waals surface area contributed by atoms with E-state index in [2.05, 4.69) is 0 Å².